The molecule has 0 aliphatic carbocycles. The van der Waals surface area contributed by atoms with Crippen molar-refractivity contribution in [2.24, 2.45) is 0 Å². The van der Waals surface area contributed by atoms with Gasteiger partial charge in [0, 0.05) is 5.69 Å². The number of hydrogen-bond acceptors (Lipinski definition) is 4. The van der Waals surface area contributed by atoms with E-state index < -0.39 is 0 Å². The van der Waals surface area contributed by atoms with Gasteiger partial charge in [-0.25, -0.2) is 0 Å². The first-order chi connectivity index (χ1) is 6.66. The highest BCUT2D eigenvalue weighted by molar-refractivity contribution is 7.05. The molecule has 0 atom stereocenters. The first-order valence-corrected chi connectivity index (χ1v) is 5.23. The summed E-state index contributed by atoms with van der Waals surface area (Å²) in [6, 6.07) is 2.07. The summed E-state index contributed by atoms with van der Waals surface area (Å²) < 4.78 is 5.89. The molecule has 2 aromatic rings. The lowest BCUT2D eigenvalue weighted by molar-refractivity contribution is 0.662. The highest BCUT2D eigenvalue weighted by atomic mass is 32.1. The summed E-state index contributed by atoms with van der Waals surface area (Å²) in [6.45, 7) is 6.82. The van der Waals surface area contributed by atoms with Gasteiger partial charge in [-0.1, -0.05) is 4.49 Å². The van der Waals surface area contributed by atoms with Crippen LogP contribution in [0.5, 0.6) is 0 Å². The molecule has 0 amide bonds. The van der Waals surface area contributed by atoms with Crippen LogP contribution in [0.3, 0.4) is 0 Å². The lowest BCUT2D eigenvalue weighted by Crippen LogP contribution is -2.03. The highest BCUT2D eigenvalue weighted by Gasteiger charge is 2.06. The third kappa shape index (κ3) is 1.68. The van der Waals surface area contributed by atoms with E-state index >= 15 is 0 Å². The fourth-order valence-electron chi connectivity index (χ4n) is 1.37. The summed E-state index contributed by atoms with van der Waals surface area (Å²) in [6.07, 6.45) is 0. The largest absolute Gasteiger partial charge is 0.264 e. The fourth-order valence-corrected chi connectivity index (χ4v) is 1.98. The summed E-state index contributed by atoms with van der Waals surface area (Å²) in [5.74, 6) is 0. The molecule has 0 spiro atoms. The average molecular weight is 208 g/mol. The predicted octanol–water partition coefficient (Wildman–Crippen LogP) is 1.71. The smallest absolute Gasteiger partial charge is 0.0790 e. The number of aromatic nitrogens is 4. The normalized spacial score (nSPS) is 10.8. The van der Waals surface area contributed by atoms with Crippen LogP contribution in [0.25, 0.3) is 0 Å². The Hall–Kier alpha value is -1.23. The second-order valence-corrected chi connectivity index (χ2v) is 4.20. The van der Waals surface area contributed by atoms with Crippen molar-refractivity contribution < 1.29 is 0 Å². The van der Waals surface area contributed by atoms with Crippen LogP contribution in [0, 0.1) is 20.8 Å². The molecule has 0 fully saturated rings. The Morgan fingerprint density at radius 3 is 2.64 bits per heavy atom. The second-order valence-electron chi connectivity index (χ2n) is 3.37. The zero-order valence-corrected chi connectivity index (χ0v) is 9.30. The van der Waals surface area contributed by atoms with Crippen molar-refractivity contribution in [2.75, 3.05) is 0 Å². The van der Waals surface area contributed by atoms with Gasteiger partial charge < -0.3 is 0 Å². The zero-order chi connectivity index (χ0) is 10.1. The molecular weight excluding hydrogens is 196 g/mol. The van der Waals surface area contributed by atoms with Gasteiger partial charge in [0.2, 0.25) is 0 Å². The van der Waals surface area contributed by atoms with Gasteiger partial charge in [0.05, 0.1) is 22.8 Å². The molecule has 5 heteroatoms. The third-order valence-corrected chi connectivity index (χ3v) is 2.95. The molecule has 0 saturated heterocycles. The number of aryl methyl sites for hydroxylation is 3. The number of hydrogen-bond donors (Lipinski definition) is 0. The summed E-state index contributed by atoms with van der Waals surface area (Å²) in [5.41, 5.74) is 3.23. The van der Waals surface area contributed by atoms with Crippen LogP contribution in [0.4, 0.5) is 0 Å². The predicted molar refractivity (Wildman–Crippen MR) is 55.4 cm³/mol. The average Bonchev–Trinajstić information content (AvgIpc) is 2.62. The van der Waals surface area contributed by atoms with E-state index in [4.69, 9.17) is 0 Å². The Balaban J connectivity index is 2.27. The molecular formula is C9H12N4S. The second kappa shape index (κ2) is 3.49. The van der Waals surface area contributed by atoms with Gasteiger partial charge in [0.15, 0.2) is 0 Å². The lowest BCUT2D eigenvalue weighted by atomic mass is 10.4. The van der Waals surface area contributed by atoms with Crippen molar-refractivity contribution in [3.05, 3.63) is 28.0 Å². The third-order valence-electron chi connectivity index (χ3n) is 2.14. The molecule has 2 aromatic heterocycles. The monoisotopic (exact) mass is 208 g/mol. The maximum absolute atomic E-state index is 4.39. The van der Waals surface area contributed by atoms with Gasteiger partial charge in [0.1, 0.15) is 0 Å². The van der Waals surface area contributed by atoms with E-state index in [-0.39, 0.29) is 0 Å². The molecule has 0 unspecified atom stereocenters. The van der Waals surface area contributed by atoms with E-state index in [1.165, 1.54) is 22.1 Å². The van der Waals surface area contributed by atoms with Gasteiger partial charge >= 0.3 is 0 Å². The van der Waals surface area contributed by atoms with Crippen LogP contribution in [0.15, 0.2) is 6.07 Å². The summed E-state index contributed by atoms with van der Waals surface area (Å²) in [7, 11) is 0. The Labute approximate surface area is 86.7 Å². The first kappa shape index (κ1) is 9.33. The van der Waals surface area contributed by atoms with Crippen molar-refractivity contribution in [3.8, 4) is 0 Å². The molecule has 0 N–H and O–H groups in total. The summed E-state index contributed by atoms with van der Waals surface area (Å²) >= 11 is 1.44. The fraction of sp³-hybridized carbons (Fsp3) is 0.444. The van der Waals surface area contributed by atoms with Gasteiger partial charge in [-0.15, -0.1) is 5.10 Å². The Morgan fingerprint density at radius 1 is 1.36 bits per heavy atom. The van der Waals surface area contributed by atoms with Crippen molar-refractivity contribution in [1.82, 2.24) is 19.4 Å². The zero-order valence-electron chi connectivity index (χ0n) is 8.48. The van der Waals surface area contributed by atoms with Crippen molar-refractivity contribution in [3.63, 3.8) is 0 Å². The minimum absolute atomic E-state index is 0.781. The van der Waals surface area contributed by atoms with Crippen molar-refractivity contribution >= 4 is 11.5 Å². The minimum Gasteiger partial charge on any atom is -0.264 e. The standard InChI is InChI=1S/C9H12N4S/c1-6-4-7(2)13(11-6)5-9-8(3)10-12-14-9/h4H,5H2,1-3H3. The van der Waals surface area contributed by atoms with Crippen LogP contribution in [0.1, 0.15) is 22.0 Å². The summed E-state index contributed by atoms with van der Waals surface area (Å²) in [4.78, 5) is 1.18. The molecule has 0 aliphatic heterocycles. The summed E-state index contributed by atoms with van der Waals surface area (Å²) in [5, 5.41) is 8.37. The highest BCUT2D eigenvalue weighted by Crippen LogP contribution is 2.12. The van der Waals surface area contributed by atoms with Crippen LogP contribution < -0.4 is 0 Å². The molecule has 4 nitrogen and oxygen atoms in total. The van der Waals surface area contributed by atoms with Gasteiger partial charge in [0.25, 0.3) is 0 Å². The van der Waals surface area contributed by atoms with E-state index in [0.717, 1.165) is 17.9 Å². The van der Waals surface area contributed by atoms with E-state index in [1.54, 1.807) is 0 Å². The molecule has 2 heterocycles. The van der Waals surface area contributed by atoms with E-state index in [2.05, 4.69) is 27.7 Å². The van der Waals surface area contributed by atoms with Gasteiger partial charge in [-0.3, -0.25) is 4.68 Å². The van der Waals surface area contributed by atoms with Crippen molar-refractivity contribution in [1.29, 1.82) is 0 Å². The van der Waals surface area contributed by atoms with E-state index in [1.807, 2.05) is 18.5 Å². The van der Waals surface area contributed by atoms with Crippen LogP contribution in [-0.4, -0.2) is 19.4 Å². The lowest BCUT2D eigenvalue weighted by Gasteiger charge is -2.01. The van der Waals surface area contributed by atoms with Crippen LogP contribution in [-0.2, 0) is 6.54 Å². The molecule has 2 rings (SSSR count). The molecule has 0 bridgehead atoms. The minimum atomic E-state index is 0.781. The Kier molecular flexibility index (Phi) is 2.33. The van der Waals surface area contributed by atoms with Crippen LogP contribution in [0.2, 0.25) is 0 Å². The molecule has 14 heavy (non-hydrogen) atoms. The van der Waals surface area contributed by atoms with Crippen LogP contribution >= 0.6 is 11.5 Å². The SMILES string of the molecule is Cc1cc(C)n(Cc2snnc2C)n1. The van der Waals surface area contributed by atoms with Crippen molar-refractivity contribution in [2.45, 2.75) is 27.3 Å². The number of rotatable bonds is 2. The Bertz CT molecular complexity index is 443. The van der Waals surface area contributed by atoms with E-state index in [9.17, 15) is 0 Å². The molecule has 0 aliphatic rings. The quantitative estimate of drug-likeness (QED) is 0.754. The first-order valence-electron chi connectivity index (χ1n) is 4.45. The molecule has 0 radical (unpaired) electrons. The molecule has 0 aromatic carbocycles. The topological polar surface area (TPSA) is 43.6 Å². The van der Waals surface area contributed by atoms with Gasteiger partial charge in [-0.05, 0) is 38.4 Å². The molecule has 74 valence electrons. The maximum atomic E-state index is 4.39. The Morgan fingerprint density at radius 2 is 2.14 bits per heavy atom. The maximum Gasteiger partial charge on any atom is 0.0790 e. The van der Waals surface area contributed by atoms with Gasteiger partial charge in [-0.2, -0.15) is 5.10 Å². The number of nitrogens with zero attached hydrogens (tertiary/aromatic N) is 4. The molecule has 0 saturated carbocycles. The van der Waals surface area contributed by atoms with E-state index in [0.29, 0.717) is 0 Å².